The molecular formula is C17H20N2O3. The van der Waals surface area contributed by atoms with E-state index in [1.54, 1.807) is 6.92 Å². The molecule has 2 N–H and O–H groups in total. The van der Waals surface area contributed by atoms with Gasteiger partial charge in [-0.1, -0.05) is 39.0 Å². The second-order valence-electron chi connectivity index (χ2n) is 6.97. The minimum Gasteiger partial charge on any atom is -0.299 e. The number of hydrogen-bond donors (Lipinski definition) is 2. The van der Waals surface area contributed by atoms with Gasteiger partial charge in [-0.25, -0.2) is 0 Å². The molecule has 2 fully saturated rings. The van der Waals surface area contributed by atoms with E-state index in [-0.39, 0.29) is 0 Å². The highest BCUT2D eigenvalue weighted by atomic mass is 16.2. The van der Waals surface area contributed by atoms with E-state index in [4.69, 9.17) is 0 Å². The van der Waals surface area contributed by atoms with Gasteiger partial charge in [0.25, 0.3) is 5.91 Å². The predicted molar refractivity (Wildman–Crippen MR) is 81.8 cm³/mol. The molecule has 0 aliphatic heterocycles. The maximum atomic E-state index is 12.8. The number of fused-ring (bicyclic) bond motifs is 2. The number of carbonyl (C=O) groups is 3. The lowest BCUT2D eigenvalue weighted by molar-refractivity contribution is -0.149. The van der Waals surface area contributed by atoms with Crippen molar-refractivity contribution in [3.05, 3.63) is 30.3 Å². The minimum atomic E-state index is -1.26. The van der Waals surface area contributed by atoms with Gasteiger partial charge in [0.1, 0.15) is 5.41 Å². The van der Waals surface area contributed by atoms with Gasteiger partial charge in [0.2, 0.25) is 11.6 Å². The number of ketones is 2. The van der Waals surface area contributed by atoms with Gasteiger partial charge in [-0.05, 0) is 30.4 Å². The van der Waals surface area contributed by atoms with Gasteiger partial charge in [0.05, 0.1) is 5.69 Å². The largest absolute Gasteiger partial charge is 0.299 e. The quantitative estimate of drug-likeness (QED) is 0.509. The third-order valence-electron chi connectivity index (χ3n) is 6.02. The van der Waals surface area contributed by atoms with Crippen molar-refractivity contribution < 1.29 is 14.4 Å². The topological polar surface area (TPSA) is 75.3 Å². The standard InChI is InChI=1S/C17H20N2O3/c1-15(2)16(3)9-10-17(15,13(21)12(16)20)14(22)19-18-11-7-5-4-6-8-11/h4-8,18H,9-10H2,1-3H3,(H,19,22)/t16-,17+/m0/s1. The highest BCUT2D eigenvalue weighted by Gasteiger charge is 2.77. The van der Waals surface area contributed by atoms with Crippen LogP contribution in [0.15, 0.2) is 30.3 Å². The monoisotopic (exact) mass is 300 g/mol. The summed E-state index contributed by atoms with van der Waals surface area (Å²) in [5.74, 6) is -1.36. The number of hydrogen-bond acceptors (Lipinski definition) is 4. The van der Waals surface area contributed by atoms with Crippen molar-refractivity contribution in [1.29, 1.82) is 0 Å². The van der Waals surface area contributed by atoms with Crippen molar-refractivity contribution in [3.63, 3.8) is 0 Å². The van der Waals surface area contributed by atoms with Crippen LogP contribution >= 0.6 is 0 Å². The zero-order chi connectivity index (χ0) is 16.2. The number of hydrazine groups is 1. The third kappa shape index (κ3) is 1.51. The molecular weight excluding hydrogens is 280 g/mol. The highest BCUT2D eigenvalue weighted by molar-refractivity contribution is 6.48. The van der Waals surface area contributed by atoms with Gasteiger partial charge in [-0.3, -0.25) is 25.2 Å². The van der Waals surface area contributed by atoms with Crippen molar-refractivity contribution in [2.45, 2.75) is 33.6 Å². The van der Waals surface area contributed by atoms with Crippen LogP contribution in [0.1, 0.15) is 33.6 Å². The summed E-state index contributed by atoms with van der Waals surface area (Å²) < 4.78 is 0. The summed E-state index contributed by atoms with van der Waals surface area (Å²) in [7, 11) is 0. The molecule has 2 aliphatic rings. The number of anilines is 1. The number of amides is 1. The van der Waals surface area contributed by atoms with Crippen molar-refractivity contribution in [2.24, 2.45) is 16.2 Å². The molecule has 2 atom stereocenters. The fourth-order valence-corrected chi connectivity index (χ4v) is 4.03. The summed E-state index contributed by atoms with van der Waals surface area (Å²) in [5.41, 5.74) is 3.48. The molecule has 3 rings (SSSR count). The van der Waals surface area contributed by atoms with E-state index in [1.807, 2.05) is 44.2 Å². The summed E-state index contributed by atoms with van der Waals surface area (Å²) in [6, 6.07) is 9.17. The minimum absolute atomic E-state index is 0.404. The average Bonchev–Trinajstić information content (AvgIpc) is 2.78. The first-order chi connectivity index (χ1) is 10.3. The highest BCUT2D eigenvalue weighted by Crippen LogP contribution is 2.68. The van der Waals surface area contributed by atoms with Crippen molar-refractivity contribution in [3.8, 4) is 0 Å². The van der Waals surface area contributed by atoms with E-state index >= 15 is 0 Å². The zero-order valence-electron chi connectivity index (χ0n) is 13.0. The van der Waals surface area contributed by atoms with Gasteiger partial charge in [-0.2, -0.15) is 0 Å². The number of benzene rings is 1. The first-order valence-electron chi connectivity index (χ1n) is 7.48. The Kier molecular flexibility index (Phi) is 2.96. The Morgan fingerprint density at radius 1 is 1.00 bits per heavy atom. The lowest BCUT2D eigenvalue weighted by Gasteiger charge is -2.37. The zero-order valence-corrected chi connectivity index (χ0v) is 13.0. The maximum Gasteiger partial charge on any atom is 0.253 e. The summed E-state index contributed by atoms with van der Waals surface area (Å²) >= 11 is 0. The van der Waals surface area contributed by atoms with Gasteiger partial charge in [0.15, 0.2) is 0 Å². The number of nitrogens with one attached hydrogen (secondary N) is 2. The van der Waals surface area contributed by atoms with Crippen LogP contribution in [0.5, 0.6) is 0 Å². The summed E-state index contributed by atoms with van der Waals surface area (Å²) in [5, 5.41) is 0. The Morgan fingerprint density at radius 2 is 1.64 bits per heavy atom. The molecule has 0 aromatic heterocycles. The normalized spacial score (nSPS) is 32.1. The predicted octanol–water partition coefficient (Wildman–Crippen LogP) is 2.09. The molecule has 5 heteroatoms. The van der Waals surface area contributed by atoms with Crippen LogP contribution in [0.3, 0.4) is 0 Å². The average molecular weight is 300 g/mol. The van der Waals surface area contributed by atoms with E-state index in [1.165, 1.54) is 0 Å². The molecule has 0 saturated heterocycles. The van der Waals surface area contributed by atoms with Crippen LogP contribution in [0.4, 0.5) is 5.69 Å². The van der Waals surface area contributed by atoms with Crippen LogP contribution < -0.4 is 10.9 Å². The summed E-state index contributed by atoms with van der Waals surface area (Å²) in [4.78, 5) is 37.6. The van der Waals surface area contributed by atoms with E-state index in [0.29, 0.717) is 12.8 Å². The number of para-hydroxylation sites is 1. The Morgan fingerprint density at radius 3 is 2.18 bits per heavy atom. The van der Waals surface area contributed by atoms with Gasteiger partial charge >= 0.3 is 0 Å². The third-order valence-corrected chi connectivity index (χ3v) is 6.02. The molecule has 1 amide bonds. The summed E-state index contributed by atoms with van der Waals surface area (Å²) in [6.45, 7) is 5.51. The lowest BCUT2D eigenvalue weighted by atomic mass is 9.64. The van der Waals surface area contributed by atoms with Crippen LogP contribution in [-0.4, -0.2) is 17.5 Å². The Bertz CT molecular complexity index is 668. The van der Waals surface area contributed by atoms with Gasteiger partial charge < -0.3 is 0 Å². The molecule has 1 aromatic carbocycles. The molecule has 5 nitrogen and oxygen atoms in total. The Labute approximate surface area is 129 Å². The number of Topliss-reactive ketones (excluding diaryl/α,β-unsaturated/α-hetero) is 2. The van der Waals surface area contributed by atoms with Crippen molar-refractivity contribution in [1.82, 2.24) is 5.43 Å². The Hall–Kier alpha value is -2.17. The molecule has 0 radical (unpaired) electrons. The summed E-state index contributed by atoms with van der Waals surface area (Å²) in [6.07, 6.45) is 0.993. The fourth-order valence-electron chi connectivity index (χ4n) is 4.03. The first kappa shape index (κ1) is 14.8. The van der Waals surface area contributed by atoms with Gasteiger partial charge in [0, 0.05) is 5.41 Å². The Balaban J connectivity index is 1.88. The van der Waals surface area contributed by atoms with Crippen molar-refractivity contribution >= 4 is 23.2 Å². The molecule has 1 aromatic rings. The molecule has 0 heterocycles. The van der Waals surface area contributed by atoms with Crippen LogP contribution in [0, 0.1) is 16.2 Å². The smallest absolute Gasteiger partial charge is 0.253 e. The van der Waals surface area contributed by atoms with Crippen LogP contribution in [0.25, 0.3) is 0 Å². The second kappa shape index (κ2) is 4.41. The van der Waals surface area contributed by atoms with Crippen molar-refractivity contribution in [2.75, 3.05) is 5.43 Å². The SMILES string of the molecule is CC1(C)[C@]2(C(=O)NNc3ccccc3)CC[C@@]1(C)C(=O)C2=O. The maximum absolute atomic E-state index is 12.8. The number of carbonyl (C=O) groups excluding carboxylic acids is 3. The lowest BCUT2D eigenvalue weighted by Crippen LogP contribution is -2.52. The van der Waals surface area contributed by atoms with E-state index in [2.05, 4.69) is 10.9 Å². The van der Waals surface area contributed by atoms with Gasteiger partial charge in [-0.15, -0.1) is 0 Å². The second-order valence-corrected chi connectivity index (χ2v) is 6.97. The van der Waals surface area contributed by atoms with Crippen LogP contribution in [-0.2, 0) is 14.4 Å². The molecule has 2 aliphatic carbocycles. The van der Waals surface area contributed by atoms with Crippen LogP contribution in [0.2, 0.25) is 0 Å². The molecule has 0 spiro atoms. The molecule has 2 bridgehead atoms. The molecule has 0 unspecified atom stereocenters. The first-order valence-corrected chi connectivity index (χ1v) is 7.48. The molecule has 2 saturated carbocycles. The molecule has 22 heavy (non-hydrogen) atoms. The molecule has 116 valence electrons. The van der Waals surface area contributed by atoms with E-state index in [0.717, 1.165) is 5.69 Å². The number of rotatable bonds is 3. The van der Waals surface area contributed by atoms with E-state index < -0.39 is 33.7 Å². The fraction of sp³-hybridized carbons (Fsp3) is 0.471. The van der Waals surface area contributed by atoms with E-state index in [9.17, 15) is 14.4 Å².